The first-order valence-electron chi connectivity index (χ1n) is 10.7. The lowest BCUT2D eigenvalue weighted by atomic mass is 9.99. The number of nitrogens with zero attached hydrogens (tertiary/aromatic N) is 3. The number of likely N-dealkylation sites (tertiary alicyclic amines) is 1. The summed E-state index contributed by atoms with van der Waals surface area (Å²) >= 11 is 6.16. The maximum absolute atomic E-state index is 15.2. The number of rotatable bonds is 2. The Morgan fingerprint density at radius 3 is 2.61 bits per heavy atom. The fraction of sp³-hybridized carbons (Fsp3) is 0.565. The fourth-order valence-corrected chi connectivity index (χ4v) is 5.46. The Balaban J connectivity index is 1.55. The summed E-state index contributed by atoms with van der Waals surface area (Å²) in [4.78, 5) is 18.6. The van der Waals surface area contributed by atoms with Gasteiger partial charge in [-0.3, -0.25) is 0 Å². The van der Waals surface area contributed by atoms with Crippen LogP contribution in [0.15, 0.2) is 6.58 Å². The average Bonchev–Trinajstić information content (AvgIpc) is 3.04. The second-order valence-corrected chi connectivity index (χ2v) is 10.2. The second kappa shape index (κ2) is 6.94. The summed E-state index contributed by atoms with van der Waals surface area (Å²) in [7, 11) is 0. The van der Waals surface area contributed by atoms with Gasteiger partial charge in [0.05, 0.1) is 24.4 Å². The minimum absolute atomic E-state index is 0.129. The molecule has 3 aliphatic rings. The molecule has 1 amide bonds. The first-order chi connectivity index (χ1) is 14.6. The van der Waals surface area contributed by atoms with E-state index in [0.29, 0.717) is 55.9 Å². The Morgan fingerprint density at radius 1 is 1.32 bits per heavy atom. The molecule has 1 saturated heterocycles. The summed E-state index contributed by atoms with van der Waals surface area (Å²) in [6.45, 7) is 14.4. The zero-order valence-electron chi connectivity index (χ0n) is 18.3. The zero-order valence-corrected chi connectivity index (χ0v) is 19.1. The molecular formula is C23H27ClFN3O3. The highest BCUT2D eigenvalue weighted by molar-refractivity contribution is 6.30. The number of pyridine rings is 1. The number of aromatic nitrogens is 2. The Morgan fingerprint density at radius 2 is 2.00 bits per heavy atom. The molecule has 5 rings (SSSR count). The number of halogens is 2. The Hall–Kier alpha value is -2.12. The maximum atomic E-state index is 15.2. The lowest BCUT2D eigenvalue weighted by Gasteiger charge is -2.26. The molecule has 4 heterocycles. The van der Waals surface area contributed by atoms with Gasteiger partial charge in [0, 0.05) is 30.7 Å². The van der Waals surface area contributed by atoms with Gasteiger partial charge in [-0.05, 0) is 56.6 Å². The molecule has 2 fully saturated rings. The largest absolute Gasteiger partial charge is 0.444 e. The van der Waals surface area contributed by atoms with Crippen LogP contribution in [0.5, 0.6) is 0 Å². The van der Waals surface area contributed by atoms with Crippen LogP contribution < -0.4 is 0 Å². The number of hydrogen-bond donors (Lipinski definition) is 0. The summed E-state index contributed by atoms with van der Waals surface area (Å²) in [5.41, 5.74) is 3.46. The molecule has 166 valence electrons. The predicted octanol–water partition coefficient (Wildman–Crippen LogP) is 4.97. The maximum Gasteiger partial charge on any atom is 0.410 e. The molecule has 6 nitrogen and oxygen atoms in total. The third-order valence-electron chi connectivity index (χ3n) is 6.53. The van der Waals surface area contributed by atoms with Crippen LogP contribution in [0.1, 0.15) is 50.6 Å². The SMILES string of the molecule is C=C(C)c1nc(Cl)c(F)c2c1c(C1[C@H]3CN(C(=O)OC(C)(C)C)C[C@@H]13)c1n2CCOC1. The van der Waals surface area contributed by atoms with Gasteiger partial charge in [-0.1, -0.05) is 18.2 Å². The minimum Gasteiger partial charge on any atom is -0.444 e. The van der Waals surface area contributed by atoms with Gasteiger partial charge in [0.25, 0.3) is 0 Å². The van der Waals surface area contributed by atoms with Gasteiger partial charge in [-0.15, -0.1) is 0 Å². The molecule has 2 aliphatic heterocycles. The molecule has 2 aromatic heterocycles. The number of allylic oxidation sites excluding steroid dienone is 1. The molecular weight excluding hydrogens is 421 g/mol. The van der Waals surface area contributed by atoms with Crippen molar-refractivity contribution in [3.8, 4) is 0 Å². The molecule has 0 spiro atoms. The average molecular weight is 448 g/mol. The molecule has 0 N–H and O–H groups in total. The minimum atomic E-state index is -0.517. The van der Waals surface area contributed by atoms with Crippen molar-refractivity contribution in [1.82, 2.24) is 14.5 Å². The van der Waals surface area contributed by atoms with Gasteiger partial charge < -0.3 is 18.9 Å². The number of fused-ring (bicyclic) bond motifs is 4. The number of piperidine rings is 1. The molecule has 3 atom stereocenters. The second-order valence-electron chi connectivity index (χ2n) is 9.87. The standard InChI is InChI=1S/C23H27ClFN3O3/c1-11(2)19-17-16(14-10-30-7-6-28(14)20(17)18(25)21(24)26-19)15-12-8-27(9-13(12)15)22(29)31-23(3,4)5/h12-13,15H,1,6-10H2,2-5H3/t12-,13+,15?. The summed E-state index contributed by atoms with van der Waals surface area (Å²) in [5, 5.41) is 0.675. The van der Waals surface area contributed by atoms with Gasteiger partial charge in [-0.25, -0.2) is 14.2 Å². The van der Waals surface area contributed by atoms with E-state index in [2.05, 4.69) is 11.6 Å². The van der Waals surface area contributed by atoms with E-state index in [-0.39, 0.29) is 17.2 Å². The molecule has 1 unspecified atom stereocenters. The highest BCUT2D eigenvalue weighted by atomic mass is 35.5. The molecule has 1 aliphatic carbocycles. The van der Waals surface area contributed by atoms with Crippen LogP contribution in [0.4, 0.5) is 9.18 Å². The monoisotopic (exact) mass is 447 g/mol. The number of hydrogen-bond acceptors (Lipinski definition) is 4. The van der Waals surface area contributed by atoms with Crippen molar-refractivity contribution in [3.05, 3.63) is 34.5 Å². The topological polar surface area (TPSA) is 56.6 Å². The van der Waals surface area contributed by atoms with Crippen LogP contribution in [-0.4, -0.2) is 45.8 Å². The van der Waals surface area contributed by atoms with Crippen molar-refractivity contribution in [1.29, 1.82) is 0 Å². The first-order valence-corrected chi connectivity index (χ1v) is 11.1. The quantitative estimate of drug-likeness (QED) is 0.610. The van der Waals surface area contributed by atoms with E-state index >= 15 is 4.39 Å². The normalized spacial score (nSPS) is 24.8. The van der Waals surface area contributed by atoms with Crippen LogP contribution in [0.25, 0.3) is 16.5 Å². The number of carbonyl (C=O) groups excluding carboxylic acids is 1. The summed E-state index contributed by atoms with van der Waals surface area (Å²) in [6, 6.07) is 0. The van der Waals surface area contributed by atoms with Crippen molar-refractivity contribution in [3.63, 3.8) is 0 Å². The summed E-state index contributed by atoms with van der Waals surface area (Å²) < 4.78 is 28.5. The summed E-state index contributed by atoms with van der Waals surface area (Å²) in [6.07, 6.45) is -0.271. The van der Waals surface area contributed by atoms with Gasteiger partial charge in [0.2, 0.25) is 0 Å². The molecule has 31 heavy (non-hydrogen) atoms. The van der Waals surface area contributed by atoms with E-state index in [4.69, 9.17) is 21.1 Å². The molecule has 8 heteroatoms. The van der Waals surface area contributed by atoms with Gasteiger partial charge in [-0.2, -0.15) is 0 Å². The van der Waals surface area contributed by atoms with Gasteiger partial charge in [0.1, 0.15) is 5.60 Å². The van der Waals surface area contributed by atoms with E-state index in [1.165, 1.54) is 0 Å². The fourth-order valence-electron chi connectivity index (χ4n) is 5.28. The number of carbonyl (C=O) groups is 1. The highest BCUT2D eigenvalue weighted by Gasteiger charge is 2.59. The highest BCUT2D eigenvalue weighted by Crippen LogP contribution is 2.61. The van der Waals surface area contributed by atoms with Crippen LogP contribution in [-0.2, 0) is 22.6 Å². The van der Waals surface area contributed by atoms with E-state index in [1.807, 2.05) is 32.3 Å². The lowest BCUT2D eigenvalue weighted by Crippen LogP contribution is -2.37. The smallest absolute Gasteiger partial charge is 0.410 e. The van der Waals surface area contributed by atoms with Crippen molar-refractivity contribution < 1.29 is 18.7 Å². The van der Waals surface area contributed by atoms with Gasteiger partial charge in [0.15, 0.2) is 11.0 Å². The Bertz CT molecular complexity index is 1110. The molecule has 0 bridgehead atoms. The van der Waals surface area contributed by atoms with E-state index in [1.54, 1.807) is 4.90 Å². The Labute approximate surface area is 186 Å². The number of amides is 1. The molecule has 0 aromatic carbocycles. The lowest BCUT2D eigenvalue weighted by molar-refractivity contribution is 0.0270. The van der Waals surface area contributed by atoms with Crippen LogP contribution >= 0.6 is 11.6 Å². The predicted molar refractivity (Wildman–Crippen MR) is 117 cm³/mol. The van der Waals surface area contributed by atoms with Crippen LogP contribution in [0.2, 0.25) is 5.15 Å². The van der Waals surface area contributed by atoms with E-state index < -0.39 is 11.4 Å². The van der Waals surface area contributed by atoms with Crippen molar-refractivity contribution in [2.75, 3.05) is 19.7 Å². The third-order valence-corrected chi connectivity index (χ3v) is 6.78. The van der Waals surface area contributed by atoms with Gasteiger partial charge >= 0.3 is 6.09 Å². The third kappa shape index (κ3) is 3.24. The summed E-state index contributed by atoms with van der Waals surface area (Å²) in [5.74, 6) is 0.389. The van der Waals surface area contributed by atoms with Crippen molar-refractivity contribution in [2.45, 2.75) is 52.4 Å². The Kier molecular flexibility index (Phi) is 4.65. The van der Waals surface area contributed by atoms with Crippen LogP contribution in [0.3, 0.4) is 0 Å². The van der Waals surface area contributed by atoms with E-state index in [0.717, 1.165) is 22.2 Å². The van der Waals surface area contributed by atoms with E-state index in [9.17, 15) is 4.79 Å². The molecule has 2 aromatic rings. The van der Waals surface area contributed by atoms with Crippen LogP contribution in [0, 0.1) is 17.7 Å². The molecule has 0 radical (unpaired) electrons. The van der Waals surface area contributed by atoms with Crippen molar-refractivity contribution in [2.24, 2.45) is 11.8 Å². The number of ether oxygens (including phenoxy) is 2. The first kappa shape index (κ1) is 20.8. The molecule has 1 saturated carbocycles. The zero-order chi connectivity index (χ0) is 22.2. The van der Waals surface area contributed by atoms with Crippen molar-refractivity contribution >= 4 is 34.2 Å².